The summed E-state index contributed by atoms with van der Waals surface area (Å²) in [5, 5.41) is 6.48. The lowest BCUT2D eigenvalue weighted by molar-refractivity contribution is -0.137. The number of nitrogens with zero attached hydrogens (tertiary/aromatic N) is 3. The van der Waals surface area contributed by atoms with Crippen LogP contribution in [-0.2, 0) is 10.9 Å². The Kier molecular flexibility index (Phi) is 6.89. The smallest absolute Gasteiger partial charge is 0.416 e. The van der Waals surface area contributed by atoms with Gasteiger partial charge in [-0.15, -0.1) is 0 Å². The fraction of sp³-hybridized carbons (Fsp3) is 0.238. The van der Waals surface area contributed by atoms with E-state index in [0.717, 1.165) is 22.9 Å². The summed E-state index contributed by atoms with van der Waals surface area (Å²) in [7, 11) is 1.54. The van der Waals surface area contributed by atoms with Crippen LogP contribution in [0.2, 0.25) is 0 Å². The second kappa shape index (κ2) is 9.60. The van der Waals surface area contributed by atoms with Crippen molar-refractivity contribution in [3.05, 3.63) is 75.8 Å². The molecule has 0 spiro atoms. The van der Waals surface area contributed by atoms with Crippen molar-refractivity contribution in [2.75, 3.05) is 25.6 Å². The van der Waals surface area contributed by atoms with Crippen molar-refractivity contribution in [3.63, 3.8) is 0 Å². The van der Waals surface area contributed by atoms with Crippen molar-refractivity contribution in [3.8, 4) is 11.6 Å². The lowest BCUT2D eigenvalue weighted by Crippen LogP contribution is -2.27. The van der Waals surface area contributed by atoms with E-state index in [1.54, 1.807) is 0 Å². The number of aryl methyl sites for hydroxylation is 1. The summed E-state index contributed by atoms with van der Waals surface area (Å²) < 4.78 is 50.4. The van der Waals surface area contributed by atoms with Gasteiger partial charge < -0.3 is 14.8 Å². The Morgan fingerprint density at radius 1 is 1.16 bits per heavy atom. The molecule has 2 heterocycles. The van der Waals surface area contributed by atoms with Crippen LogP contribution in [0.15, 0.2) is 53.5 Å². The fourth-order valence-electron chi connectivity index (χ4n) is 2.74. The van der Waals surface area contributed by atoms with Gasteiger partial charge in [-0.3, -0.25) is 9.59 Å². The number of anilines is 1. The highest BCUT2D eigenvalue weighted by Crippen LogP contribution is 2.30. The molecule has 0 saturated heterocycles. The molecule has 0 saturated carbocycles. The number of methoxy groups -OCH3 is 1. The molecule has 0 aliphatic carbocycles. The van der Waals surface area contributed by atoms with E-state index in [1.165, 1.54) is 44.5 Å². The van der Waals surface area contributed by atoms with Crippen LogP contribution in [0.4, 0.5) is 18.9 Å². The minimum absolute atomic E-state index is 0.0607. The van der Waals surface area contributed by atoms with Crippen molar-refractivity contribution in [2.45, 2.75) is 13.1 Å². The number of aromatic nitrogens is 3. The molecule has 0 atom stereocenters. The highest BCUT2D eigenvalue weighted by Gasteiger charge is 2.30. The molecule has 0 aliphatic rings. The van der Waals surface area contributed by atoms with Crippen molar-refractivity contribution < 1.29 is 27.4 Å². The summed E-state index contributed by atoms with van der Waals surface area (Å²) in [5.74, 6) is -0.508. The third-order valence-corrected chi connectivity index (χ3v) is 4.27. The van der Waals surface area contributed by atoms with Gasteiger partial charge >= 0.3 is 6.18 Å². The number of amides is 1. The molecule has 168 valence electrons. The van der Waals surface area contributed by atoms with Gasteiger partial charge in [0.1, 0.15) is 6.61 Å². The maximum Gasteiger partial charge on any atom is 0.416 e. The fourth-order valence-corrected chi connectivity index (χ4v) is 2.74. The zero-order valence-corrected chi connectivity index (χ0v) is 17.1. The Labute approximate surface area is 180 Å². The first-order valence-corrected chi connectivity index (χ1v) is 9.37. The first kappa shape index (κ1) is 22.9. The van der Waals surface area contributed by atoms with Gasteiger partial charge in [-0.1, -0.05) is 6.07 Å². The number of nitrogens with one attached hydrogen (secondary N) is 1. The molecule has 1 N–H and O–H groups in total. The first-order valence-electron chi connectivity index (χ1n) is 9.37. The minimum atomic E-state index is -4.55. The number of carbonyl (C=O) groups is 1. The van der Waals surface area contributed by atoms with Gasteiger partial charge in [0.15, 0.2) is 5.69 Å². The van der Waals surface area contributed by atoms with E-state index in [1.807, 2.05) is 0 Å². The normalized spacial score (nSPS) is 11.3. The van der Waals surface area contributed by atoms with E-state index in [-0.39, 0.29) is 17.1 Å². The molecule has 0 bridgehead atoms. The second-order valence-electron chi connectivity index (χ2n) is 6.64. The summed E-state index contributed by atoms with van der Waals surface area (Å²) in [6, 6.07) is 8.60. The van der Waals surface area contributed by atoms with Gasteiger partial charge in [0.25, 0.3) is 5.91 Å². The zero-order valence-electron chi connectivity index (χ0n) is 17.1. The van der Waals surface area contributed by atoms with E-state index < -0.39 is 28.8 Å². The molecular formula is C21H19F3N4O4. The van der Waals surface area contributed by atoms with Crippen LogP contribution in [0, 0.1) is 6.92 Å². The number of rotatable bonds is 7. The number of hydrogen-bond donors (Lipinski definition) is 1. The molecular weight excluding hydrogens is 429 g/mol. The minimum Gasteiger partial charge on any atom is -0.475 e. The van der Waals surface area contributed by atoms with Crippen LogP contribution < -0.4 is 15.5 Å². The SMILES string of the molecule is COCCOc1ccc(NC(=O)c2nn(-c3cccc(C(F)(F)F)c3)c(C)cc2=O)cn1. The number of alkyl halides is 3. The van der Waals surface area contributed by atoms with Crippen LogP contribution in [0.1, 0.15) is 21.7 Å². The summed E-state index contributed by atoms with van der Waals surface area (Å²) in [5.41, 5.74) is -1.42. The van der Waals surface area contributed by atoms with Crippen LogP contribution in [0.25, 0.3) is 5.69 Å². The summed E-state index contributed by atoms with van der Waals surface area (Å²) >= 11 is 0. The third kappa shape index (κ3) is 5.49. The summed E-state index contributed by atoms with van der Waals surface area (Å²) in [6.07, 6.45) is -3.21. The van der Waals surface area contributed by atoms with Crippen LogP contribution in [-0.4, -0.2) is 41.0 Å². The largest absolute Gasteiger partial charge is 0.475 e. The molecule has 0 fully saturated rings. The van der Waals surface area contributed by atoms with Gasteiger partial charge in [-0.25, -0.2) is 9.67 Å². The molecule has 32 heavy (non-hydrogen) atoms. The zero-order chi connectivity index (χ0) is 23.3. The molecule has 3 rings (SSSR count). The average Bonchev–Trinajstić information content (AvgIpc) is 2.74. The molecule has 0 aliphatic heterocycles. The lowest BCUT2D eigenvalue weighted by atomic mass is 10.2. The lowest BCUT2D eigenvalue weighted by Gasteiger charge is -2.13. The second-order valence-corrected chi connectivity index (χ2v) is 6.64. The summed E-state index contributed by atoms with van der Waals surface area (Å²) in [4.78, 5) is 29.0. The predicted molar refractivity (Wildman–Crippen MR) is 109 cm³/mol. The number of benzene rings is 1. The van der Waals surface area contributed by atoms with Crippen LogP contribution >= 0.6 is 0 Å². The van der Waals surface area contributed by atoms with E-state index >= 15 is 0 Å². The number of halogens is 3. The molecule has 1 aromatic carbocycles. The Morgan fingerprint density at radius 3 is 2.59 bits per heavy atom. The number of ether oxygens (including phenoxy) is 2. The maximum atomic E-state index is 13.0. The molecule has 0 radical (unpaired) electrons. The Bertz CT molecular complexity index is 1160. The number of pyridine rings is 1. The van der Waals surface area contributed by atoms with Gasteiger partial charge in [-0.2, -0.15) is 18.3 Å². The van der Waals surface area contributed by atoms with Crippen LogP contribution in [0.5, 0.6) is 5.88 Å². The van der Waals surface area contributed by atoms with Crippen molar-refractivity contribution >= 4 is 11.6 Å². The quantitative estimate of drug-likeness (QED) is 0.558. The standard InChI is InChI=1S/C21H19F3N4O4/c1-13-10-17(29)19(27-28(13)16-5-3-4-14(11-16)21(22,23)24)20(30)26-15-6-7-18(25-12-15)32-9-8-31-2/h3-7,10-12H,8-9H2,1-2H3,(H,26,30). The molecule has 0 unspecified atom stereocenters. The average molecular weight is 448 g/mol. The first-order chi connectivity index (χ1) is 15.2. The maximum absolute atomic E-state index is 13.0. The van der Waals surface area contributed by atoms with E-state index in [4.69, 9.17) is 9.47 Å². The number of carbonyl (C=O) groups excluding carboxylic acids is 1. The molecule has 1 amide bonds. The topological polar surface area (TPSA) is 95.3 Å². The molecule has 2 aromatic heterocycles. The highest BCUT2D eigenvalue weighted by atomic mass is 19.4. The van der Waals surface area contributed by atoms with Crippen LogP contribution in [0.3, 0.4) is 0 Å². The number of hydrogen-bond acceptors (Lipinski definition) is 6. The summed E-state index contributed by atoms with van der Waals surface area (Å²) in [6.45, 7) is 2.19. The van der Waals surface area contributed by atoms with Gasteiger partial charge in [0.2, 0.25) is 11.3 Å². The van der Waals surface area contributed by atoms with Gasteiger partial charge in [0.05, 0.1) is 29.7 Å². The predicted octanol–water partition coefficient (Wildman–Crippen LogP) is 3.23. The van der Waals surface area contributed by atoms with Crippen molar-refractivity contribution in [2.24, 2.45) is 0 Å². The van der Waals surface area contributed by atoms with Crippen molar-refractivity contribution in [1.82, 2.24) is 14.8 Å². The highest BCUT2D eigenvalue weighted by molar-refractivity contribution is 6.02. The Balaban J connectivity index is 1.84. The van der Waals surface area contributed by atoms with E-state index in [0.29, 0.717) is 19.1 Å². The molecule has 3 aromatic rings. The molecule has 8 nitrogen and oxygen atoms in total. The monoisotopic (exact) mass is 448 g/mol. The Morgan fingerprint density at radius 2 is 1.94 bits per heavy atom. The van der Waals surface area contributed by atoms with E-state index in [9.17, 15) is 22.8 Å². The van der Waals surface area contributed by atoms with Gasteiger partial charge in [-0.05, 0) is 31.2 Å². The Hall–Kier alpha value is -3.73. The molecule has 11 heteroatoms. The van der Waals surface area contributed by atoms with E-state index in [2.05, 4.69) is 15.4 Å². The third-order valence-electron chi connectivity index (χ3n) is 4.27. The van der Waals surface area contributed by atoms with Gasteiger partial charge in [0, 0.05) is 24.9 Å². The van der Waals surface area contributed by atoms with Crippen molar-refractivity contribution in [1.29, 1.82) is 0 Å².